The molecule has 2 N–H and O–H groups in total. The van der Waals surface area contributed by atoms with Gasteiger partial charge in [0.05, 0.1) is 12.3 Å². The van der Waals surface area contributed by atoms with Crippen LogP contribution in [0.1, 0.15) is 25.2 Å². The number of aliphatic hydroxyl groups is 1. The maximum atomic E-state index is 8.76. The summed E-state index contributed by atoms with van der Waals surface area (Å²) in [6, 6.07) is 3.82. The molecule has 0 atom stereocenters. The number of aliphatic hydroxyl groups excluding tert-OH is 1. The summed E-state index contributed by atoms with van der Waals surface area (Å²) in [5.41, 5.74) is 1.88. The van der Waals surface area contributed by atoms with E-state index in [2.05, 4.69) is 24.1 Å². The smallest absolute Gasteiger partial charge is 0.142 e. The van der Waals surface area contributed by atoms with Gasteiger partial charge in [0, 0.05) is 12.2 Å². The van der Waals surface area contributed by atoms with Crippen LogP contribution in [0.15, 0.2) is 12.1 Å². The number of rotatable bonds is 7. The number of aryl methyl sites for hydroxylation is 1. The molecule has 0 aliphatic rings. The molecule has 0 aromatic carbocycles. The maximum absolute atomic E-state index is 8.76. The molecule has 96 valence electrons. The van der Waals surface area contributed by atoms with Crippen LogP contribution in [0.3, 0.4) is 0 Å². The number of ether oxygens (including phenoxy) is 1. The van der Waals surface area contributed by atoms with Crippen molar-refractivity contribution in [3.63, 3.8) is 0 Å². The van der Waals surface area contributed by atoms with E-state index in [9.17, 15) is 0 Å². The SMILES string of the molecule is Cc1ccc(OCCO)c(CNCC(C)C)n1. The van der Waals surface area contributed by atoms with Gasteiger partial charge < -0.3 is 15.2 Å². The molecule has 0 fully saturated rings. The van der Waals surface area contributed by atoms with Gasteiger partial charge in [-0.25, -0.2) is 0 Å². The van der Waals surface area contributed by atoms with Crippen LogP contribution in [-0.2, 0) is 6.54 Å². The quantitative estimate of drug-likeness (QED) is 0.756. The van der Waals surface area contributed by atoms with E-state index in [0.29, 0.717) is 19.1 Å². The van der Waals surface area contributed by atoms with Gasteiger partial charge >= 0.3 is 0 Å². The number of hydrogen-bond acceptors (Lipinski definition) is 4. The molecule has 0 radical (unpaired) electrons. The molecule has 0 bridgehead atoms. The third-order valence-electron chi connectivity index (χ3n) is 2.27. The van der Waals surface area contributed by atoms with E-state index in [1.165, 1.54) is 0 Å². The van der Waals surface area contributed by atoms with Crippen molar-refractivity contribution in [3.8, 4) is 5.75 Å². The molecule has 1 rings (SSSR count). The second kappa shape index (κ2) is 7.25. The van der Waals surface area contributed by atoms with Gasteiger partial charge in [0.25, 0.3) is 0 Å². The van der Waals surface area contributed by atoms with Crippen LogP contribution in [0.4, 0.5) is 0 Å². The van der Waals surface area contributed by atoms with Crippen molar-refractivity contribution in [1.82, 2.24) is 10.3 Å². The maximum Gasteiger partial charge on any atom is 0.142 e. The van der Waals surface area contributed by atoms with Gasteiger partial charge in [-0.3, -0.25) is 4.98 Å². The molecule has 1 heterocycles. The lowest BCUT2D eigenvalue weighted by Crippen LogP contribution is -2.20. The molecule has 0 saturated heterocycles. The van der Waals surface area contributed by atoms with Crippen molar-refractivity contribution in [2.24, 2.45) is 5.92 Å². The topological polar surface area (TPSA) is 54.4 Å². The van der Waals surface area contributed by atoms with E-state index in [1.807, 2.05) is 19.1 Å². The fourth-order valence-electron chi connectivity index (χ4n) is 1.49. The number of aromatic nitrogens is 1. The van der Waals surface area contributed by atoms with E-state index in [1.54, 1.807) is 0 Å². The molecule has 17 heavy (non-hydrogen) atoms. The lowest BCUT2D eigenvalue weighted by molar-refractivity contribution is 0.199. The summed E-state index contributed by atoms with van der Waals surface area (Å²) < 4.78 is 5.45. The molecule has 1 aromatic rings. The summed E-state index contributed by atoms with van der Waals surface area (Å²) in [5.74, 6) is 1.36. The lowest BCUT2D eigenvalue weighted by atomic mass is 10.2. The normalized spacial score (nSPS) is 10.9. The van der Waals surface area contributed by atoms with Crippen LogP contribution >= 0.6 is 0 Å². The first kappa shape index (κ1) is 13.9. The van der Waals surface area contributed by atoms with E-state index in [-0.39, 0.29) is 6.61 Å². The Morgan fingerprint density at radius 1 is 1.41 bits per heavy atom. The Balaban J connectivity index is 2.62. The van der Waals surface area contributed by atoms with Crippen molar-refractivity contribution in [2.45, 2.75) is 27.3 Å². The van der Waals surface area contributed by atoms with Gasteiger partial charge in [-0.1, -0.05) is 13.8 Å². The standard InChI is InChI=1S/C13H22N2O2/c1-10(2)8-14-9-12-13(17-7-6-16)5-4-11(3)15-12/h4-5,10,14,16H,6-9H2,1-3H3. The van der Waals surface area contributed by atoms with Crippen molar-refractivity contribution >= 4 is 0 Å². The van der Waals surface area contributed by atoms with Crippen LogP contribution in [0.5, 0.6) is 5.75 Å². The molecular formula is C13H22N2O2. The van der Waals surface area contributed by atoms with Gasteiger partial charge in [0.15, 0.2) is 0 Å². The van der Waals surface area contributed by atoms with E-state index in [4.69, 9.17) is 9.84 Å². The zero-order valence-corrected chi connectivity index (χ0v) is 10.9. The highest BCUT2D eigenvalue weighted by atomic mass is 16.5. The summed E-state index contributed by atoms with van der Waals surface area (Å²) in [7, 11) is 0. The predicted octanol–water partition coefficient (Wildman–Crippen LogP) is 1.51. The molecule has 0 aliphatic heterocycles. The molecule has 0 aliphatic carbocycles. The molecular weight excluding hydrogens is 216 g/mol. The third-order valence-corrected chi connectivity index (χ3v) is 2.27. The zero-order chi connectivity index (χ0) is 12.7. The van der Waals surface area contributed by atoms with Crippen LogP contribution in [0.2, 0.25) is 0 Å². The Morgan fingerprint density at radius 2 is 2.18 bits per heavy atom. The number of hydrogen-bond donors (Lipinski definition) is 2. The largest absolute Gasteiger partial charge is 0.489 e. The highest BCUT2D eigenvalue weighted by molar-refractivity contribution is 5.29. The molecule has 0 spiro atoms. The highest BCUT2D eigenvalue weighted by Crippen LogP contribution is 2.16. The first-order chi connectivity index (χ1) is 8.13. The Labute approximate surface area is 103 Å². The van der Waals surface area contributed by atoms with E-state index >= 15 is 0 Å². The van der Waals surface area contributed by atoms with Crippen molar-refractivity contribution in [2.75, 3.05) is 19.8 Å². The van der Waals surface area contributed by atoms with Crippen molar-refractivity contribution in [1.29, 1.82) is 0 Å². The minimum atomic E-state index is 0.0206. The van der Waals surface area contributed by atoms with E-state index in [0.717, 1.165) is 23.7 Å². The van der Waals surface area contributed by atoms with Gasteiger partial charge in [0.1, 0.15) is 12.4 Å². The molecule has 4 heteroatoms. The molecule has 0 saturated carbocycles. The summed E-state index contributed by atoms with van der Waals surface area (Å²) in [6.07, 6.45) is 0. The van der Waals surface area contributed by atoms with Gasteiger partial charge in [-0.2, -0.15) is 0 Å². The lowest BCUT2D eigenvalue weighted by Gasteiger charge is -2.12. The van der Waals surface area contributed by atoms with Gasteiger partial charge in [-0.15, -0.1) is 0 Å². The third kappa shape index (κ3) is 5.15. The van der Waals surface area contributed by atoms with Crippen molar-refractivity contribution in [3.05, 3.63) is 23.5 Å². The average Bonchev–Trinajstić information content (AvgIpc) is 2.27. The van der Waals surface area contributed by atoms with Crippen molar-refractivity contribution < 1.29 is 9.84 Å². The average molecular weight is 238 g/mol. The molecule has 0 amide bonds. The van der Waals surface area contributed by atoms with Crippen LogP contribution in [0.25, 0.3) is 0 Å². The fraction of sp³-hybridized carbons (Fsp3) is 0.615. The predicted molar refractivity (Wildman–Crippen MR) is 68.1 cm³/mol. The summed E-state index contributed by atoms with van der Waals surface area (Å²) in [6.45, 7) is 8.27. The Hall–Kier alpha value is -1.13. The minimum Gasteiger partial charge on any atom is -0.489 e. The van der Waals surface area contributed by atoms with E-state index < -0.39 is 0 Å². The number of nitrogens with zero attached hydrogens (tertiary/aromatic N) is 1. The number of pyridine rings is 1. The summed E-state index contributed by atoms with van der Waals surface area (Å²) in [4.78, 5) is 4.45. The van der Waals surface area contributed by atoms with Gasteiger partial charge in [0.2, 0.25) is 0 Å². The first-order valence-electron chi connectivity index (χ1n) is 6.04. The Bertz CT molecular complexity index is 340. The van der Waals surface area contributed by atoms with Crippen LogP contribution < -0.4 is 10.1 Å². The first-order valence-corrected chi connectivity index (χ1v) is 6.04. The minimum absolute atomic E-state index is 0.0206. The summed E-state index contributed by atoms with van der Waals surface area (Å²) >= 11 is 0. The summed E-state index contributed by atoms with van der Waals surface area (Å²) in [5, 5.41) is 12.1. The second-order valence-corrected chi connectivity index (χ2v) is 4.49. The Morgan fingerprint density at radius 3 is 2.82 bits per heavy atom. The Kier molecular flexibility index (Phi) is 5.94. The van der Waals surface area contributed by atoms with Crippen LogP contribution in [-0.4, -0.2) is 29.8 Å². The molecule has 1 aromatic heterocycles. The van der Waals surface area contributed by atoms with Crippen LogP contribution in [0, 0.1) is 12.8 Å². The molecule has 0 unspecified atom stereocenters. The second-order valence-electron chi connectivity index (χ2n) is 4.49. The molecule has 4 nitrogen and oxygen atoms in total. The van der Waals surface area contributed by atoms with Gasteiger partial charge in [-0.05, 0) is 31.5 Å². The fourth-order valence-corrected chi connectivity index (χ4v) is 1.49. The zero-order valence-electron chi connectivity index (χ0n) is 10.9. The monoisotopic (exact) mass is 238 g/mol. The highest BCUT2D eigenvalue weighted by Gasteiger charge is 2.06. The number of nitrogens with one attached hydrogen (secondary N) is 1.